The van der Waals surface area contributed by atoms with Crippen molar-refractivity contribution in [3.63, 3.8) is 0 Å². The lowest BCUT2D eigenvalue weighted by atomic mass is 10.2. The normalized spacial score (nSPS) is 14.6. The maximum atomic E-state index is 9.38. The predicted molar refractivity (Wildman–Crippen MR) is 105 cm³/mol. The van der Waals surface area contributed by atoms with E-state index in [1.807, 2.05) is 18.2 Å². The Morgan fingerprint density at radius 1 is 0.958 bits per heavy atom. The van der Waals surface area contributed by atoms with Crippen molar-refractivity contribution >= 4 is 51.9 Å². The number of benzene rings is 2. The number of rotatable bonds is 2. The third-order valence-electron chi connectivity index (χ3n) is 3.95. The van der Waals surface area contributed by atoms with Crippen LogP contribution in [0.3, 0.4) is 0 Å². The van der Waals surface area contributed by atoms with Gasteiger partial charge in [0.15, 0.2) is 5.11 Å². The number of aromatic hydroxyl groups is 1. The number of phenolic OH excluding ortho intramolecular Hbond substituents is 1. The van der Waals surface area contributed by atoms with Gasteiger partial charge in [-0.3, -0.25) is 0 Å². The molecule has 1 aliphatic heterocycles. The molecule has 2 aromatic carbocycles. The van der Waals surface area contributed by atoms with Crippen LogP contribution in [0.15, 0.2) is 42.5 Å². The van der Waals surface area contributed by atoms with E-state index in [-0.39, 0.29) is 5.75 Å². The maximum Gasteiger partial charge on any atom is 0.173 e. The van der Waals surface area contributed by atoms with Crippen LogP contribution in [0.25, 0.3) is 0 Å². The fourth-order valence-corrected chi connectivity index (χ4v) is 3.21. The molecule has 0 aromatic heterocycles. The smallest absolute Gasteiger partial charge is 0.173 e. The van der Waals surface area contributed by atoms with Crippen LogP contribution in [-0.4, -0.2) is 41.3 Å². The molecule has 0 unspecified atom stereocenters. The Balaban J connectivity index is 1.56. The lowest BCUT2D eigenvalue weighted by Crippen LogP contribution is -2.50. The molecule has 7 heteroatoms. The summed E-state index contributed by atoms with van der Waals surface area (Å²) in [7, 11) is 0. The first-order chi connectivity index (χ1) is 11.5. The second-order valence-electron chi connectivity index (χ2n) is 5.55. The molecule has 1 saturated heterocycles. The van der Waals surface area contributed by atoms with Crippen LogP contribution in [0.5, 0.6) is 5.75 Å². The predicted octanol–water partition coefficient (Wildman–Crippen LogP) is 4.22. The van der Waals surface area contributed by atoms with Gasteiger partial charge in [0, 0.05) is 37.6 Å². The summed E-state index contributed by atoms with van der Waals surface area (Å²) in [6, 6.07) is 12.6. The molecular weight excluding hydrogens is 365 g/mol. The summed E-state index contributed by atoms with van der Waals surface area (Å²) >= 11 is 17.4. The van der Waals surface area contributed by atoms with Crippen molar-refractivity contribution in [1.29, 1.82) is 0 Å². The van der Waals surface area contributed by atoms with Crippen LogP contribution in [0, 0.1) is 0 Å². The number of phenols is 1. The van der Waals surface area contributed by atoms with Crippen molar-refractivity contribution in [2.75, 3.05) is 36.4 Å². The number of nitrogens with zero attached hydrogens (tertiary/aromatic N) is 2. The van der Waals surface area contributed by atoms with E-state index >= 15 is 0 Å². The lowest BCUT2D eigenvalue weighted by molar-refractivity contribution is 0.391. The Hall–Kier alpha value is -1.69. The van der Waals surface area contributed by atoms with Gasteiger partial charge in [0.2, 0.25) is 0 Å². The quantitative estimate of drug-likeness (QED) is 0.761. The van der Waals surface area contributed by atoms with Crippen LogP contribution >= 0.6 is 35.4 Å². The van der Waals surface area contributed by atoms with Gasteiger partial charge in [-0.05, 0) is 54.7 Å². The number of halogens is 2. The summed E-state index contributed by atoms with van der Waals surface area (Å²) in [6.07, 6.45) is 0. The minimum absolute atomic E-state index is 0.282. The number of nitrogens with one attached hydrogen (secondary N) is 1. The van der Waals surface area contributed by atoms with E-state index in [4.69, 9.17) is 35.4 Å². The molecule has 0 spiro atoms. The Bertz CT molecular complexity index is 731. The lowest BCUT2D eigenvalue weighted by Gasteiger charge is -2.37. The van der Waals surface area contributed by atoms with E-state index < -0.39 is 0 Å². The monoisotopic (exact) mass is 381 g/mol. The summed E-state index contributed by atoms with van der Waals surface area (Å²) in [5.41, 5.74) is 1.94. The van der Waals surface area contributed by atoms with E-state index in [9.17, 15) is 5.11 Å². The summed E-state index contributed by atoms with van der Waals surface area (Å²) in [6.45, 7) is 3.39. The number of thiocarbonyl (C=S) groups is 1. The molecule has 126 valence electrons. The molecule has 0 aliphatic carbocycles. The van der Waals surface area contributed by atoms with Crippen molar-refractivity contribution in [3.05, 3.63) is 52.5 Å². The second-order valence-corrected chi connectivity index (χ2v) is 6.75. The van der Waals surface area contributed by atoms with Gasteiger partial charge in [-0.15, -0.1) is 0 Å². The highest BCUT2D eigenvalue weighted by atomic mass is 35.5. The van der Waals surface area contributed by atoms with Crippen molar-refractivity contribution in [2.24, 2.45) is 0 Å². The Kier molecular flexibility index (Phi) is 5.33. The molecule has 0 bridgehead atoms. The zero-order valence-corrected chi connectivity index (χ0v) is 15.2. The summed E-state index contributed by atoms with van der Waals surface area (Å²) < 4.78 is 0. The maximum absolute atomic E-state index is 9.38. The third-order valence-corrected chi connectivity index (χ3v) is 5.05. The molecule has 3 rings (SSSR count). The molecule has 2 aromatic rings. The molecule has 1 fully saturated rings. The SMILES string of the molecule is Oc1ccc(N2CCN(C(=S)Nc3ccc(Cl)c(Cl)c3)CC2)cc1. The molecule has 1 heterocycles. The van der Waals surface area contributed by atoms with Crippen molar-refractivity contribution < 1.29 is 5.11 Å². The first-order valence-corrected chi connectivity index (χ1v) is 8.74. The van der Waals surface area contributed by atoms with Crippen molar-refractivity contribution in [1.82, 2.24) is 4.90 Å². The van der Waals surface area contributed by atoms with E-state index in [1.165, 1.54) is 0 Å². The van der Waals surface area contributed by atoms with Gasteiger partial charge in [0.25, 0.3) is 0 Å². The van der Waals surface area contributed by atoms with E-state index in [1.54, 1.807) is 24.3 Å². The largest absolute Gasteiger partial charge is 0.508 e. The van der Waals surface area contributed by atoms with E-state index in [0.717, 1.165) is 37.6 Å². The average molecular weight is 382 g/mol. The van der Waals surface area contributed by atoms with Crippen LogP contribution in [0.4, 0.5) is 11.4 Å². The number of hydrogen-bond donors (Lipinski definition) is 2. The molecular formula is C17H17Cl2N3OS. The minimum atomic E-state index is 0.282. The first kappa shape index (κ1) is 17.1. The highest BCUT2D eigenvalue weighted by molar-refractivity contribution is 7.80. The Morgan fingerprint density at radius 3 is 2.25 bits per heavy atom. The highest BCUT2D eigenvalue weighted by Crippen LogP contribution is 2.25. The first-order valence-electron chi connectivity index (χ1n) is 7.58. The minimum Gasteiger partial charge on any atom is -0.508 e. The molecule has 1 aliphatic rings. The fraction of sp³-hybridized carbons (Fsp3) is 0.235. The van der Waals surface area contributed by atoms with Crippen LogP contribution in [-0.2, 0) is 0 Å². The van der Waals surface area contributed by atoms with Crippen molar-refractivity contribution in [3.8, 4) is 5.75 Å². The number of hydrogen-bond acceptors (Lipinski definition) is 3. The third kappa shape index (κ3) is 4.04. The van der Waals surface area contributed by atoms with E-state index in [2.05, 4.69) is 15.1 Å². The van der Waals surface area contributed by atoms with Gasteiger partial charge in [-0.2, -0.15) is 0 Å². The topological polar surface area (TPSA) is 38.7 Å². The number of piperazine rings is 1. The molecule has 0 atom stereocenters. The molecule has 0 saturated carbocycles. The van der Waals surface area contributed by atoms with Crippen LogP contribution in [0.1, 0.15) is 0 Å². The van der Waals surface area contributed by atoms with Crippen molar-refractivity contribution in [2.45, 2.75) is 0 Å². The standard InChI is InChI=1S/C17H17Cl2N3OS/c18-15-6-1-12(11-16(15)19)20-17(24)22-9-7-21(8-10-22)13-2-4-14(23)5-3-13/h1-6,11,23H,7-10H2,(H,20,24). The highest BCUT2D eigenvalue weighted by Gasteiger charge is 2.19. The summed E-state index contributed by atoms with van der Waals surface area (Å²) in [5, 5.41) is 14.3. The molecule has 4 nitrogen and oxygen atoms in total. The van der Waals surface area contributed by atoms with Gasteiger partial charge in [-0.25, -0.2) is 0 Å². The molecule has 0 radical (unpaired) electrons. The fourth-order valence-electron chi connectivity index (χ4n) is 2.61. The number of anilines is 2. The summed E-state index contributed by atoms with van der Waals surface area (Å²) in [5.74, 6) is 0.282. The molecule has 2 N–H and O–H groups in total. The van der Waals surface area contributed by atoms with Crippen LogP contribution < -0.4 is 10.2 Å². The zero-order valence-electron chi connectivity index (χ0n) is 12.9. The van der Waals surface area contributed by atoms with Gasteiger partial charge < -0.3 is 20.2 Å². The Morgan fingerprint density at radius 2 is 1.62 bits per heavy atom. The summed E-state index contributed by atoms with van der Waals surface area (Å²) in [4.78, 5) is 4.41. The van der Waals surface area contributed by atoms with Gasteiger partial charge in [-0.1, -0.05) is 23.2 Å². The van der Waals surface area contributed by atoms with Crippen LogP contribution in [0.2, 0.25) is 10.0 Å². The average Bonchev–Trinajstić information content (AvgIpc) is 2.59. The van der Waals surface area contributed by atoms with Gasteiger partial charge in [0.05, 0.1) is 10.0 Å². The second kappa shape index (κ2) is 7.47. The molecule has 24 heavy (non-hydrogen) atoms. The molecule has 0 amide bonds. The Labute approximate surface area is 156 Å². The zero-order chi connectivity index (χ0) is 17.1. The van der Waals surface area contributed by atoms with E-state index in [0.29, 0.717) is 15.2 Å². The van der Waals surface area contributed by atoms with Gasteiger partial charge >= 0.3 is 0 Å². The van der Waals surface area contributed by atoms with Gasteiger partial charge in [0.1, 0.15) is 5.75 Å².